The molecule has 0 aliphatic heterocycles. The maximum Gasteiger partial charge on any atom is 0.200 e. The van der Waals surface area contributed by atoms with Crippen LogP contribution in [0.25, 0.3) is 21.9 Å². The molecule has 142 valence electrons. The Morgan fingerprint density at radius 2 is 1.10 bits per heavy atom. The highest BCUT2D eigenvalue weighted by Gasteiger charge is 2.29. The van der Waals surface area contributed by atoms with Crippen LogP contribution in [0.2, 0.25) is 0 Å². The zero-order chi connectivity index (χ0) is 18.9. The molecule has 0 amide bonds. The molecular formula is C25H17BrO2S. The Hall–Kier alpha value is -2.82. The number of halogens is 1. The number of hydrogen-bond donors (Lipinski definition) is 0. The molecule has 0 aliphatic carbocycles. The summed E-state index contributed by atoms with van der Waals surface area (Å²) in [6.45, 7) is 0. The molecule has 4 heteroatoms. The number of benzene rings is 4. The minimum absolute atomic E-state index is 0. The fourth-order valence-electron chi connectivity index (χ4n) is 3.43. The SMILES string of the molecule is O=c1c2ccccc2oc2ccc([S+](c3ccccc3)c3ccccc3)cc12.[Br-]. The van der Waals surface area contributed by atoms with Gasteiger partial charge < -0.3 is 21.4 Å². The van der Waals surface area contributed by atoms with Crippen LogP contribution in [0, 0.1) is 0 Å². The average Bonchev–Trinajstić information content (AvgIpc) is 2.76. The van der Waals surface area contributed by atoms with Crippen molar-refractivity contribution < 1.29 is 21.4 Å². The largest absolute Gasteiger partial charge is 1.00 e. The van der Waals surface area contributed by atoms with Crippen LogP contribution >= 0.6 is 0 Å². The molecule has 0 aliphatic rings. The number of fused-ring (bicyclic) bond motifs is 2. The Morgan fingerprint density at radius 1 is 0.552 bits per heavy atom. The quantitative estimate of drug-likeness (QED) is 0.306. The van der Waals surface area contributed by atoms with Crippen LogP contribution in [0.3, 0.4) is 0 Å². The minimum Gasteiger partial charge on any atom is -1.00 e. The second kappa shape index (κ2) is 8.27. The predicted octanol–water partition coefficient (Wildman–Crippen LogP) is 3.05. The van der Waals surface area contributed by atoms with Crippen molar-refractivity contribution in [2.75, 3.05) is 0 Å². The molecule has 2 nitrogen and oxygen atoms in total. The van der Waals surface area contributed by atoms with E-state index in [9.17, 15) is 4.79 Å². The fourth-order valence-corrected chi connectivity index (χ4v) is 5.55. The van der Waals surface area contributed by atoms with E-state index in [2.05, 4.69) is 54.6 Å². The highest BCUT2D eigenvalue weighted by Crippen LogP contribution is 2.32. The van der Waals surface area contributed by atoms with Gasteiger partial charge in [-0.1, -0.05) is 48.5 Å². The van der Waals surface area contributed by atoms with Crippen molar-refractivity contribution in [2.45, 2.75) is 14.7 Å². The van der Waals surface area contributed by atoms with Crippen molar-refractivity contribution in [3.63, 3.8) is 0 Å². The van der Waals surface area contributed by atoms with E-state index in [0.29, 0.717) is 21.9 Å². The Labute approximate surface area is 181 Å². The van der Waals surface area contributed by atoms with E-state index in [-0.39, 0.29) is 33.3 Å². The first-order valence-corrected chi connectivity index (χ1v) is 10.3. The highest BCUT2D eigenvalue weighted by atomic mass is 79.9. The standard InChI is InChI=1S/C25H17O2S.BrH/c26-25-21-13-7-8-14-23(21)27-24-16-15-20(17-22(24)25)28(18-9-3-1-4-10-18)19-11-5-2-6-12-19;/h1-17H;1H/q+1;/p-1. The van der Waals surface area contributed by atoms with Gasteiger partial charge in [0.1, 0.15) is 11.2 Å². The molecule has 1 aromatic heterocycles. The summed E-state index contributed by atoms with van der Waals surface area (Å²) in [5.74, 6) is 0. The molecule has 0 radical (unpaired) electrons. The van der Waals surface area contributed by atoms with Crippen LogP contribution in [0.4, 0.5) is 0 Å². The zero-order valence-corrected chi connectivity index (χ0v) is 17.8. The Balaban J connectivity index is 0.00000205. The molecule has 0 saturated carbocycles. The van der Waals surface area contributed by atoms with Gasteiger partial charge in [0.05, 0.1) is 21.7 Å². The van der Waals surface area contributed by atoms with E-state index in [1.165, 1.54) is 9.79 Å². The lowest BCUT2D eigenvalue weighted by Gasteiger charge is -2.09. The van der Waals surface area contributed by atoms with Crippen LogP contribution in [-0.2, 0) is 10.9 Å². The van der Waals surface area contributed by atoms with Crippen LogP contribution < -0.4 is 22.4 Å². The van der Waals surface area contributed by atoms with Crippen molar-refractivity contribution in [2.24, 2.45) is 0 Å². The molecule has 4 aromatic carbocycles. The fraction of sp³-hybridized carbons (Fsp3) is 0. The third-order valence-corrected chi connectivity index (χ3v) is 6.95. The molecule has 0 N–H and O–H groups in total. The summed E-state index contributed by atoms with van der Waals surface area (Å²) in [4.78, 5) is 16.6. The first kappa shape index (κ1) is 19.5. The monoisotopic (exact) mass is 460 g/mol. The molecule has 0 spiro atoms. The van der Waals surface area contributed by atoms with Gasteiger partial charge in [-0.2, -0.15) is 0 Å². The van der Waals surface area contributed by atoms with Gasteiger partial charge in [-0.15, -0.1) is 0 Å². The van der Waals surface area contributed by atoms with Crippen molar-refractivity contribution in [1.82, 2.24) is 0 Å². The van der Waals surface area contributed by atoms with Crippen LogP contribution in [-0.4, -0.2) is 0 Å². The van der Waals surface area contributed by atoms with Gasteiger partial charge in [-0.05, 0) is 48.5 Å². The summed E-state index contributed by atoms with van der Waals surface area (Å²) in [5.41, 5.74) is 1.26. The van der Waals surface area contributed by atoms with Gasteiger partial charge in [0.25, 0.3) is 0 Å². The molecule has 0 bridgehead atoms. The topological polar surface area (TPSA) is 30.2 Å². The zero-order valence-electron chi connectivity index (χ0n) is 15.4. The smallest absolute Gasteiger partial charge is 0.200 e. The van der Waals surface area contributed by atoms with E-state index < -0.39 is 0 Å². The van der Waals surface area contributed by atoms with Crippen molar-refractivity contribution >= 4 is 32.8 Å². The second-order valence-electron chi connectivity index (χ2n) is 6.52. The van der Waals surface area contributed by atoms with E-state index in [1.54, 1.807) is 0 Å². The molecule has 0 saturated heterocycles. The molecule has 5 rings (SSSR count). The summed E-state index contributed by atoms with van der Waals surface area (Å²) >= 11 is 0. The Morgan fingerprint density at radius 3 is 1.76 bits per heavy atom. The van der Waals surface area contributed by atoms with Crippen LogP contribution in [0.15, 0.2) is 127 Å². The van der Waals surface area contributed by atoms with E-state index in [1.807, 2.05) is 48.5 Å². The summed E-state index contributed by atoms with van der Waals surface area (Å²) < 4.78 is 5.98. The molecule has 5 aromatic rings. The first-order valence-electron chi connectivity index (χ1n) is 9.11. The highest BCUT2D eigenvalue weighted by molar-refractivity contribution is 7.97. The molecule has 0 unspecified atom stereocenters. The van der Waals surface area contributed by atoms with Gasteiger partial charge in [-0.3, -0.25) is 4.79 Å². The number of hydrogen-bond acceptors (Lipinski definition) is 2. The van der Waals surface area contributed by atoms with Gasteiger partial charge in [-0.25, -0.2) is 0 Å². The van der Waals surface area contributed by atoms with Gasteiger partial charge >= 0.3 is 0 Å². The maximum absolute atomic E-state index is 13.1. The third-order valence-electron chi connectivity index (χ3n) is 4.74. The van der Waals surface area contributed by atoms with Crippen molar-refractivity contribution in [1.29, 1.82) is 0 Å². The molecule has 0 atom stereocenters. The second-order valence-corrected chi connectivity index (χ2v) is 8.54. The van der Waals surface area contributed by atoms with Gasteiger partial charge in [0.15, 0.2) is 14.7 Å². The van der Waals surface area contributed by atoms with Crippen molar-refractivity contribution in [3.05, 3.63) is 113 Å². The van der Waals surface area contributed by atoms with E-state index in [0.717, 1.165) is 4.90 Å². The molecule has 0 fully saturated rings. The Bertz CT molecular complexity index is 1290. The van der Waals surface area contributed by atoms with Crippen LogP contribution in [0.1, 0.15) is 0 Å². The van der Waals surface area contributed by atoms with Crippen LogP contribution in [0.5, 0.6) is 0 Å². The van der Waals surface area contributed by atoms with E-state index >= 15 is 0 Å². The maximum atomic E-state index is 13.1. The normalized spacial score (nSPS) is 10.9. The first-order chi connectivity index (χ1) is 13.8. The summed E-state index contributed by atoms with van der Waals surface area (Å²) in [7, 11) is -0.293. The molecular weight excluding hydrogens is 444 g/mol. The summed E-state index contributed by atoms with van der Waals surface area (Å²) in [5, 5.41) is 1.24. The lowest BCUT2D eigenvalue weighted by molar-refractivity contribution is -0.00000590. The molecule has 1 heterocycles. The van der Waals surface area contributed by atoms with Crippen molar-refractivity contribution in [3.8, 4) is 0 Å². The average molecular weight is 461 g/mol. The van der Waals surface area contributed by atoms with E-state index in [4.69, 9.17) is 4.42 Å². The predicted molar refractivity (Wildman–Crippen MR) is 115 cm³/mol. The number of rotatable bonds is 3. The lowest BCUT2D eigenvalue weighted by atomic mass is 10.1. The van der Waals surface area contributed by atoms with Gasteiger partial charge in [0, 0.05) is 6.07 Å². The summed E-state index contributed by atoms with van der Waals surface area (Å²) in [6.07, 6.45) is 0. The lowest BCUT2D eigenvalue weighted by Crippen LogP contribution is -3.00. The Kier molecular flexibility index (Phi) is 5.56. The molecule has 29 heavy (non-hydrogen) atoms. The summed E-state index contributed by atoms with van der Waals surface area (Å²) in [6, 6.07) is 34.2. The number of para-hydroxylation sites is 1. The third kappa shape index (κ3) is 3.61. The van der Waals surface area contributed by atoms with Gasteiger partial charge in [0.2, 0.25) is 5.43 Å². The minimum atomic E-state index is -0.293.